The molecule has 11 heteroatoms. The number of Topliss-reactive ketones (excluding diaryl/α,β-unsaturated/α-hetero) is 1. The molecule has 0 fully saturated rings. The first-order valence-electron chi connectivity index (χ1n) is 8.47. The van der Waals surface area contributed by atoms with E-state index in [1.807, 2.05) is 0 Å². The number of rotatable bonds is 5. The van der Waals surface area contributed by atoms with E-state index in [1.165, 1.54) is 30.5 Å². The van der Waals surface area contributed by atoms with Crippen LogP contribution < -0.4 is 10.3 Å². The number of ketones is 1. The molecular weight excluding hydrogens is 446 g/mol. The first-order valence-corrected chi connectivity index (χ1v) is 9.23. The van der Waals surface area contributed by atoms with Crippen molar-refractivity contribution in [1.82, 2.24) is 14.3 Å². The number of ether oxygens (including phenoxy) is 1. The molecule has 0 aliphatic heterocycles. The number of halogens is 5. The van der Waals surface area contributed by atoms with Crippen LogP contribution in [0.25, 0.3) is 5.69 Å². The minimum Gasteiger partial charge on any atom is -0.406 e. The highest BCUT2D eigenvalue weighted by molar-refractivity contribution is 6.41. The second kappa shape index (κ2) is 8.16. The molecule has 0 N–H and O–H groups in total. The summed E-state index contributed by atoms with van der Waals surface area (Å²) in [4.78, 5) is 24.9. The van der Waals surface area contributed by atoms with Gasteiger partial charge in [0.15, 0.2) is 5.78 Å². The van der Waals surface area contributed by atoms with Crippen LogP contribution in [-0.2, 0) is 6.54 Å². The SMILES string of the molecule is Cc1cc(C(=O)Cn2ncc(Cl)c(Cl)c2=O)c(C)n1-c1ccc(OC(F)(F)F)cc1. The van der Waals surface area contributed by atoms with Crippen molar-refractivity contribution in [2.45, 2.75) is 26.8 Å². The van der Waals surface area contributed by atoms with E-state index in [9.17, 15) is 22.8 Å². The molecule has 30 heavy (non-hydrogen) atoms. The van der Waals surface area contributed by atoms with Gasteiger partial charge in [0.05, 0.1) is 11.2 Å². The number of hydrogen-bond donors (Lipinski definition) is 0. The minimum atomic E-state index is -4.78. The largest absolute Gasteiger partial charge is 0.573 e. The Balaban J connectivity index is 1.89. The Morgan fingerprint density at radius 1 is 1.17 bits per heavy atom. The van der Waals surface area contributed by atoms with Crippen LogP contribution in [0.2, 0.25) is 10.0 Å². The number of benzene rings is 1. The normalized spacial score (nSPS) is 11.6. The summed E-state index contributed by atoms with van der Waals surface area (Å²) in [5.41, 5.74) is 1.42. The van der Waals surface area contributed by atoms with Crippen LogP contribution >= 0.6 is 23.2 Å². The summed E-state index contributed by atoms with van der Waals surface area (Å²) in [7, 11) is 0. The van der Waals surface area contributed by atoms with Gasteiger partial charge in [0, 0.05) is 22.6 Å². The van der Waals surface area contributed by atoms with Gasteiger partial charge in [-0.2, -0.15) is 5.10 Å². The third-order valence-electron chi connectivity index (χ3n) is 4.30. The van der Waals surface area contributed by atoms with Gasteiger partial charge >= 0.3 is 6.36 Å². The van der Waals surface area contributed by atoms with Crippen LogP contribution in [0.4, 0.5) is 13.2 Å². The van der Waals surface area contributed by atoms with Gasteiger partial charge in [0.2, 0.25) is 0 Å². The molecule has 2 aromatic heterocycles. The maximum Gasteiger partial charge on any atom is 0.573 e. The molecule has 3 rings (SSSR count). The fraction of sp³-hybridized carbons (Fsp3) is 0.211. The summed E-state index contributed by atoms with van der Waals surface area (Å²) >= 11 is 11.5. The number of nitrogens with zero attached hydrogens (tertiary/aromatic N) is 3. The van der Waals surface area contributed by atoms with E-state index >= 15 is 0 Å². The van der Waals surface area contributed by atoms with Gasteiger partial charge in [-0.05, 0) is 44.2 Å². The zero-order valence-electron chi connectivity index (χ0n) is 15.6. The first kappa shape index (κ1) is 21.9. The Bertz CT molecular complexity index is 1170. The predicted octanol–water partition coefficient (Wildman–Crippen LogP) is 4.74. The Labute approximate surface area is 178 Å². The van der Waals surface area contributed by atoms with Crippen molar-refractivity contribution >= 4 is 29.0 Å². The van der Waals surface area contributed by atoms with Crippen molar-refractivity contribution in [3.63, 3.8) is 0 Å². The molecule has 0 amide bonds. The van der Waals surface area contributed by atoms with E-state index in [4.69, 9.17) is 23.2 Å². The second-order valence-electron chi connectivity index (χ2n) is 6.35. The Hall–Kier alpha value is -2.78. The third kappa shape index (κ3) is 4.52. The average Bonchev–Trinajstić information content (AvgIpc) is 2.96. The quantitative estimate of drug-likeness (QED) is 0.516. The van der Waals surface area contributed by atoms with Crippen molar-refractivity contribution in [3.8, 4) is 11.4 Å². The van der Waals surface area contributed by atoms with E-state index < -0.39 is 11.9 Å². The lowest BCUT2D eigenvalue weighted by atomic mass is 10.1. The predicted molar refractivity (Wildman–Crippen MR) is 105 cm³/mol. The highest BCUT2D eigenvalue weighted by Crippen LogP contribution is 2.26. The van der Waals surface area contributed by atoms with Gasteiger partial charge in [-0.15, -0.1) is 13.2 Å². The second-order valence-corrected chi connectivity index (χ2v) is 7.14. The molecule has 1 aromatic carbocycles. The minimum absolute atomic E-state index is 0.0125. The van der Waals surface area contributed by atoms with Crippen LogP contribution in [0.1, 0.15) is 21.7 Å². The molecule has 6 nitrogen and oxygen atoms in total. The van der Waals surface area contributed by atoms with Gasteiger partial charge in [-0.25, -0.2) is 4.68 Å². The molecule has 158 valence electrons. The molecule has 0 bridgehead atoms. The van der Waals surface area contributed by atoms with E-state index in [1.54, 1.807) is 24.5 Å². The lowest BCUT2D eigenvalue weighted by molar-refractivity contribution is -0.274. The average molecular weight is 460 g/mol. The topological polar surface area (TPSA) is 66.1 Å². The van der Waals surface area contributed by atoms with Gasteiger partial charge in [-0.3, -0.25) is 9.59 Å². The number of aromatic nitrogens is 3. The van der Waals surface area contributed by atoms with Crippen molar-refractivity contribution < 1.29 is 22.7 Å². The number of hydrogen-bond acceptors (Lipinski definition) is 4. The Morgan fingerprint density at radius 3 is 2.40 bits per heavy atom. The molecule has 0 unspecified atom stereocenters. The smallest absolute Gasteiger partial charge is 0.406 e. The molecule has 0 radical (unpaired) electrons. The molecule has 0 saturated carbocycles. The highest BCUT2D eigenvalue weighted by Gasteiger charge is 2.31. The first-order chi connectivity index (χ1) is 14.0. The highest BCUT2D eigenvalue weighted by atomic mass is 35.5. The summed E-state index contributed by atoms with van der Waals surface area (Å²) in [6.07, 6.45) is -3.61. The molecule has 0 saturated heterocycles. The van der Waals surface area contributed by atoms with E-state index in [2.05, 4.69) is 9.84 Å². The molecule has 0 aliphatic carbocycles. The van der Waals surface area contributed by atoms with E-state index in [0.29, 0.717) is 22.6 Å². The van der Waals surface area contributed by atoms with Gasteiger partial charge in [-0.1, -0.05) is 23.2 Å². The summed E-state index contributed by atoms with van der Waals surface area (Å²) in [6.45, 7) is 3.08. The Kier molecular flexibility index (Phi) is 5.96. The van der Waals surface area contributed by atoms with Crippen molar-refractivity contribution in [2.24, 2.45) is 0 Å². The Morgan fingerprint density at radius 2 is 1.80 bits per heavy atom. The molecule has 0 aliphatic rings. The van der Waals surface area contributed by atoms with Gasteiger partial charge < -0.3 is 9.30 Å². The summed E-state index contributed by atoms with van der Waals surface area (Å²) in [6, 6.07) is 6.88. The van der Waals surface area contributed by atoms with Crippen molar-refractivity contribution in [3.05, 3.63) is 73.9 Å². The lowest BCUT2D eigenvalue weighted by Crippen LogP contribution is -2.27. The third-order valence-corrected chi connectivity index (χ3v) is 5.04. The van der Waals surface area contributed by atoms with Crippen LogP contribution in [0, 0.1) is 13.8 Å². The summed E-state index contributed by atoms with van der Waals surface area (Å²) in [5, 5.41) is 3.57. The maximum atomic E-state index is 12.8. The number of carbonyl (C=O) groups is 1. The fourth-order valence-corrected chi connectivity index (χ4v) is 3.29. The number of carbonyl (C=O) groups excluding carboxylic acids is 1. The molecular formula is C19H14Cl2F3N3O3. The van der Waals surface area contributed by atoms with Gasteiger partial charge in [0.1, 0.15) is 17.3 Å². The monoisotopic (exact) mass is 459 g/mol. The maximum absolute atomic E-state index is 12.8. The van der Waals surface area contributed by atoms with Crippen molar-refractivity contribution in [1.29, 1.82) is 0 Å². The van der Waals surface area contributed by atoms with Crippen molar-refractivity contribution in [2.75, 3.05) is 0 Å². The lowest BCUT2D eigenvalue weighted by Gasteiger charge is -2.12. The van der Waals surface area contributed by atoms with Crippen LogP contribution in [-0.4, -0.2) is 26.5 Å². The summed E-state index contributed by atoms with van der Waals surface area (Å²) in [5.74, 6) is -0.741. The zero-order valence-corrected chi connectivity index (χ0v) is 17.1. The van der Waals surface area contributed by atoms with E-state index in [0.717, 1.165) is 4.68 Å². The van der Waals surface area contributed by atoms with Crippen LogP contribution in [0.15, 0.2) is 41.3 Å². The molecule has 3 aromatic rings. The number of alkyl halides is 3. The standard InChI is InChI=1S/C19H14Cl2F3N3O3/c1-10-7-14(16(28)9-26-18(29)17(21)15(20)8-25-26)11(2)27(10)12-3-5-13(6-4-12)30-19(22,23)24/h3-8H,9H2,1-2H3. The van der Waals surface area contributed by atoms with Gasteiger partial charge in [0.25, 0.3) is 5.56 Å². The van der Waals surface area contributed by atoms with Crippen LogP contribution in [0.3, 0.4) is 0 Å². The molecule has 0 spiro atoms. The summed E-state index contributed by atoms with van der Waals surface area (Å²) < 4.78 is 43.5. The number of aryl methyl sites for hydroxylation is 1. The van der Waals surface area contributed by atoms with E-state index in [-0.39, 0.29) is 28.1 Å². The molecule has 0 atom stereocenters. The fourth-order valence-electron chi connectivity index (χ4n) is 3.02. The molecule has 2 heterocycles. The zero-order chi connectivity index (χ0) is 22.2. The van der Waals surface area contributed by atoms with Crippen LogP contribution in [0.5, 0.6) is 5.75 Å².